The second kappa shape index (κ2) is 7.26. The van der Waals surface area contributed by atoms with Crippen LogP contribution in [-0.4, -0.2) is 24.6 Å². The Morgan fingerprint density at radius 1 is 1.33 bits per heavy atom. The molecular formula is C18H31N3. The molecule has 1 aromatic rings. The van der Waals surface area contributed by atoms with E-state index in [1.807, 2.05) is 6.20 Å². The third kappa shape index (κ3) is 3.76. The highest BCUT2D eigenvalue weighted by Crippen LogP contribution is 2.38. The molecule has 0 amide bonds. The molecule has 0 spiro atoms. The average Bonchev–Trinajstić information content (AvgIpc) is 2.98. The quantitative estimate of drug-likeness (QED) is 0.817. The predicted octanol–water partition coefficient (Wildman–Crippen LogP) is 4.16. The van der Waals surface area contributed by atoms with Gasteiger partial charge < -0.3 is 10.2 Å². The third-order valence-electron chi connectivity index (χ3n) is 5.23. The monoisotopic (exact) mass is 289 g/mol. The third-order valence-corrected chi connectivity index (χ3v) is 5.23. The maximum absolute atomic E-state index is 4.62. The highest BCUT2D eigenvalue weighted by molar-refractivity contribution is 5.43. The summed E-state index contributed by atoms with van der Waals surface area (Å²) in [7, 11) is 0. The van der Waals surface area contributed by atoms with Crippen molar-refractivity contribution in [2.75, 3.05) is 24.5 Å². The highest BCUT2D eigenvalue weighted by atomic mass is 15.2. The Kier molecular flexibility index (Phi) is 5.63. The van der Waals surface area contributed by atoms with Crippen molar-refractivity contribution in [1.29, 1.82) is 0 Å². The van der Waals surface area contributed by atoms with E-state index in [9.17, 15) is 0 Å². The minimum absolute atomic E-state index is 0.399. The lowest BCUT2D eigenvalue weighted by molar-refractivity contribution is 0.301. The van der Waals surface area contributed by atoms with Gasteiger partial charge in [0.15, 0.2) is 0 Å². The Hall–Kier alpha value is -1.09. The number of aromatic nitrogens is 1. The highest BCUT2D eigenvalue weighted by Gasteiger charge is 2.35. The Balaban J connectivity index is 2.08. The zero-order valence-electron chi connectivity index (χ0n) is 14.2. The van der Waals surface area contributed by atoms with E-state index in [1.54, 1.807) is 0 Å². The van der Waals surface area contributed by atoms with Crippen LogP contribution in [0.5, 0.6) is 0 Å². The van der Waals surface area contributed by atoms with Crippen molar-refractivity contribution in [3.05, 3.63) is 23.9 Å². The van der Waals surface area contributed by atoms with E-state index in [2.05, 4.69) is 55.0 Å². The van der Waals surface area contributed by atoms with Gasteiger partial charge in [-0.25, -0.2) is 4.98 Å². The van der Waals surface area contributed by atoms with Crippen LogP contribution in [0.3, 0.4) is 0 Å². The van der Waals surface area contributed by atoms with Gasteiger partial charge in [0.25, 0.3) is 0 Å². The van der Waals surface area contributed by atoms with Crippen molar-refractivity contribution in [2.24, 2.45) is 5.41 Å². The summed E-state index contributed by atoms with van der Waals surface area (Å²) in [6.45, 7) is 12.5. The van der Waals surface area contributed by atoms with E-state index in [0.29, 0.717) is 11.5 Å². The zero-order chi connectivity index (χ0) is 15.3. The first-order valence-corrected chi connectivity index (χ1v) is 8.58. The molecule has 21 heavy (non-hydrogen) atoms. The number of nitrogens with zero attached hydrogens (tertiary/aromatic N) is 2. The van der Waals surface area contributed by atoms with Crippen molar-refractivity contribution < 1.29 is 0 Å². The van der Waals surface area contributed by atoms with Crippen LogP contribution in [0.15, 0.2) is 18.3 Å². The number of hydrogen-bond donors (Lipinski definition) is 1. The standard InChI is InChI=1S/C18H31N3/c1-5-10-19-15(4)16-8-11-20-17(13-16)21-12-9-18(6-2,7-3)14-21/h8,11,13,15,19H,5-7,9-10,12,14H2,1-4H3. The molecule has 1 fully saturated rings. The van der Waals surface area contributed by atoms with Crippen LogP contribution in [0.1, 0.15) is 65.0 Å². The molecule has 1 saturated heterocycles. The van der Waals surface area contributed by atoms with Crippen molar-refractivity contribution in [3.63, 3.8) is 0 Å². The molecule has 0 bridgehead atoms. The molecular weight excluding hydrogens is 258 g/mol. The molecule has 2 rings (SSSR count). The van der Waals surface area contributed by atoms with Gasteiger partial charge in [-0.2, -0.15) is 0 Å². The molecule has 1 N–H and O–H groups in total. The van der Waals surface area contributed by atoms with E-state index in [1.165, 1.54) is 31.2 Å². The molecule has 1 aliphatic rings. The van der Waals surface area contributed by atoms with Crippen LogP contribution in [0.4, 0.5) is 5.82 Å². The average molecular weight is 289 g/mol. The molecule has 0 aromatic carbocycles. The maximum atomic E-state index is 4.62. The first-order valence-electron chi connectivity index (χ1n) is 8.58. The van der Waals surface area contributed by atoms with Crippen LogP contribution < -0.4 is 10.2 Å². The molecule has 0 aliphatic carbocycles. The molecule has 1 atom stereocenters. The first-order chi connectivity index (χ1) is 10.1. The number of rotatable bonds is 7. The fraction of sp³-hybridized carbons (Fsp3) is 0.722. The summed E-state index contributed by atoms with van der Waals surface area (Å²) in [6, 6.07) is 4.81. The second-order valence-electron chi connectivity index (χ2n) is 6.50. The molecule has 3 nitrogen and oxygen atoms in total. The van der Waals surface area contributed by atoms with Crippen LogP contribution in [-0.2, 0) is 0 Å². The van der Waals surface area contributed by atoms with Gasteiger partial charge in [-0.1, -0.05) is 20.8 Å². The maximum Gasteiger partial charge on any atom is 0.128 e. The SMILES string of the molecule is CCCNC(C)c1ccnc(N2CCC(CC)(CC)C2)c1. The van der Waals surface area contributed by atoms with Gasteiger partial charge in [0, 0.05) is 25.3 Å². The largest absolute Gasteiger partial charge is 0.356 e. The number of nitrogens with one attached hydrogen (secondary N) is 1. The number of pyridine rings is 1. The predicted molar refractivity (Wildman–Crippen MR) is 90.8 cm³/mol. The Labute approximate surface area is 130 Å². The molecule has 1 aromatic heterocycles. The number of anilines is 1. The lowest BCUT2D eigenvalue weighted by atomic mass is 9.82. The van der Waals surface area contributed by atoms with E-state index in [0.717, 1.165) is 25.5 Å². The molecule has 0 saturated carbocycles. The van der Waals surface area contributed by atoms with Crippen LogP contribution in [0.2, 0.25) is 0 Å². The molecule has 1 aliphatic heterocycles. The van der Waals surface area contributed by atoms with Gasteiger partial charge in [-0.05, 0) is 62.3 Å². The van der Waals surface area contributed by atoms with Crippen molar-refractivity contribution in [3.8, 4) is 0 Å². The van der Waals surface area contributed by atoms with Gasteiger partial charge in [-0.15, -0.1) is 0 Å². The molecule has 0 radical (unpaired) electrons. The van der Waals surface area contributed by atoms with E-state index < -0.39 is 0 Å². The lowest BCUT2D eigenvalue weighted by Crippen LogP contribution is -2.27. The summed E-state index contributed by atoms with van der Waals surface area (Å²) in [6.07, 6.45) is 6.98. The molecule has 3 heteroatoms. The summed E-state index contributed by atoms with van der Waals surface area (Å²) >= 11 is 0. The molecule has 118 valence electrons. The molecule has 1 unspecified atom stereocenters. The minimum atomic E-state index is 0.399. The van der Waals surface area contributed by atoms with Gasteiger partial charge in [0.2, 0.25) is 0 Å². The topological polar surface area (TPSA) is 28.2 Å². The van der Waals surface area contributed by atoms with Gasteiger partial charge in [0.1, 0.15) is 5.82 Å². The normalized spacial score (nSPS) is 19.0. The fourth-order valence-corrected chi connectivity index (χ4v) is 3.31. The fourth-order valence-electron chi connectivity index (χ4n) is 3.31. The van der Waals surface area contributed by atoms with Gasteiger partial charge in [0.05, 0.1) is 0 Å². The summed E-state index contributed by atoms with van der Waals surface area (Å²) in [5.41, 5.74) is 1.85. The smallest absolute Gasteiger partial charge is 0.128 e. The first kappa shape index (κ1) is 16.3. The number of hydrogen-bond acceptors (Lipinski definition) is 3. The van der Waals surface area contributed by atoms with Gasteiger partial charge >= 0.3 is 0 Å². The second-order valence-corrected chi connectivity index (χ2v) is 6.50. The van der Waals surface area contributed by atoms with Crippen LogP contribution in [0.25, 0.3) is 0 Å². The summed E-state index contributed by atoms with van der Waals surface area (Å²) in [5, 5.41) is 3.56. The van der Waals surface area contributed by atoms with E-state index in [-0.39, 0.29) is 0 Å². The van der Waals surface area contributed by atoms with Crippen molar-refractivity contribution >= 4 is 5.82 Å². The van der Waals surface area contributed by atoms with Crippen molar-refractivity contribution in [1.82, 2.24) is 10.3 Å². The Morgan fingerprint density at radius 2 is 2.10 bits per heavy atom. The van der Waals surface area contributed by atoms with E-state index in [4.69, 9.17) is 0 Å². The van der Waals surface area contributed by atoms with Gasteiger partial charge in [-0.3, -0.25) is 0 Å². The Bertz CT molecular complexity index is 440. The Morgan fingerprint density at radius 3 is 2.71 bits per heavy atom. The van der Waals surface area contributed by atoms with Crippen LogP contribution in [0, 0.1) is 5.41 Å². The summed E-state index contributed by atoms with van der Waals surface area (Å²) in [5.74, 6) is 1.15. The van der Waals surface area contributed by atoms with E-state index >= 15 is 0 Å². The lowest BCUT2D eigenvalue weighted by Gasteiger charge is -2.27. The van der Waals surface area contributed by atoms with Crippen LogP contribution >= 0.6 is 0 Å². The summed E-state index contributed by atoms with van der Waals surface area (Å²) < 4.78 is 0. The molecule has 2 heterocycles. The summed E-state index contributed by atoms with van der Waals surface area (Å²) in [4.78, 5) is 7.09. The zero-order valence-corrected chi connectivity index (χ0v) is 14.2. The minimum Gasteiger partial charge on any atom is -0.356 e. The van der Waals surface area contributed by atoms with Crippen molar-refractivity contribution in [2.45, 2.75) is 59.4 Å².